The largest absolute Gasteiger partial charge is 0.465 e. The molecule has 0 saturated heterocycles. The second-order valence-electron chi connectivity index (χ2n) is 5.52. The number of carbonyl (C=O) groups is 2. The maximum Gasteiger partial charge on any atom is 0.420 e. The van der Waals surface area contributed by atoms with Crippen molar-refractivity contribution in [2.75, 3.05) is 7.11 Å². The number of methoxy groups -OCH3 is 1. The highest BCUT2D eigenvalue weighted by molar-refractivity contribution is 6.32. The molecule has 1 aromatic carbocycles. The number of ether oxygens (including phenoxy) is 2. The monoisotopic (exact) mass is 309 g/mol. The lowest BCUT2D eigenvalue weighted by Gasteiger charge is -2.20. The van der Waals surface area contributed by atoms with Gasteiger partial charge in [-0.1, -0.05) is 23.7 Å². The van der Waals surface area contributed by atoms with Crippen LogP contribution in [0.4, 0.5) is 4.79 Å². The fourth-order valence-electron chi connectivity index (χ4n) is 1.99. The second kappa shape index (κ2) is 5.41. The molecule has 0 bridgehead atoms. The molecule has 6 heteroatoms. The van der Waals surface area contributed by atoms with E-state index in [1.807, 2.05) is 0 Å². The number of fused-ring (bicyclic) bond motifs is 1. The van der Waals surface area contributed by atoms with Crippen LogP contribution in [0, 0.1) is 0 Å². The van der Waals surface area contributed by atoms with Gasteiger partial charge in [0, 0.05) is 5.39 Å². The van der Waals surface area contributed by atoms with E-state index in [1.54, 1.807) is 45.0 Å². The Labute approximate surface area is 127 Å². The van der Waals surface area contributed by atoms with Gasteiger partial charge < -0.3 is 9.47 Å². The Morgan fingerprint density at radius 2 is 1.90 bits per heavy atom. The zero-order chi connectivity index (χ0) is 15.8. The Balaban J connectivity index is 2.65. The number of para-hydroxylation sites is 1. The minimum atomic E-state index is -0.669. The molecule has 0 unspecified atom stereocenters. The zero-order valence-corrected chi connectivity index (χ0v) is 13.0. The molecule has 2 aromatic rings. The maximum absolute atomic E-state index is 12.3. The summed E-state index contributed by atoms with van der Waals surface area (Å²) in [5.74, 6) is -0.542. The number of benzene rings is 1. The van der Waals surface area contributed by atoms with Crippen molar-refractivity contribution in [3.63, 3.8) is 0 Å². The second-order valence-corrected chi connectivity index (χ2v) is 5.91. The van der Waals surface area contributed by atoms with E-state index in [0.717, 1.165) is 0 Å². The summed E-state index contributed by atoms with van der Waals surface area (Å²) in [7, 11) is 1.28. The molecule has 21 heavy (non-hydrogen) atoms. The van der Waals surface area contributed by atoms with Crippen molar-refractivity contribution in [2.45, 2.75) is 26.4 Å². The molecule has 112 valence electrons. The van der Waals surface area contributed by atoms with E-state index in [1.165, 1.54) is 11.7 Å². The van der Waals surface area contributed by atoms with Crippen molar-refractivity contribution in [3.05, 3.63) is 35.0 Å². The fourth-order valence-corrected chi connectivity index (χ4v) is 2.26. The number of carbonyl (C=O) groups excluding carboxylic acids is 2. The van der Waals surface area contributed by atoms with Crippen LogP contribution < -0.4 is 0 Å². The Morgan fingerprint density at radius 1 is 1.24 bits per heavy atom. The highest BCUT2D eigenvalue weighted by atomic mass is 35.5. The first-order chi connectivity index (χ1) is 9.74. The molecule has 5 nitrogen and oxygen atoms in total. The molecule has 0 radical (unpaired) electrons. The summed E-state index contributed by atoms with van der Waals surface area (Å²) in [5, 5.41) is 0.837. The number of nitrogens with zero attached hydrogens (tertiary/aromatic N) is 1. The van der Waals surface area contributed by atoms with Gasteiger partial charge in [0.2, 0.25) is 0 Å². The van der Waals surface area contributed by atoms with Gasteiger partial charge in [-0.15, -0.1) is 0 Å². The van der Waals surface area contributed by atoms with E-state index < -0.39 is 17.7 Å². The van der Waals surface area contributed by atoms with Crippen LogP contribution in [-0.2, 0) is 9.47 Å². The quantitative estimate of drug-likeness (QED) is 0.750. The Kier molecular flexibility index (Phi) is 3.96. The molecule has 0 saturated carbocycles. The van der Waals surface area contributed by atoms with Gasteiger partial charge in [-0.25, -0.2) is 14.2 Å². The number of hydrogen-bond acceptors (Lipinski definition) is 4. The van der Waals surface area contributed by atoms with Crippen LogP contribution in [-0.4, -0.2) is 29.3 Å². The maximum atomic E-state index is 12.3. The summed E-state index contributed by atoms with van der Waals surface area (Å²) in [6.07, 6.45) is -0.640. The highest BCUT2D eigenvalue weighted by Gasteiger charge is 2.24. The molecular formula is C15H16ClNO4. The average Bonchev–Trinajstić information content (AvgIpc) is 2.71. The molecule has 0 atom stereocenters. The van der Waals surface area contributed by atoms with Gasteiger partial charge in [-0.3, -0.25) is 0 Å². The molecule has 0 fully saturated rings. The lowest BCUT2D eigenvalue weighted by molar-refractivity contribution is 0.0545. The molecule has 0 aliphatic rings. The van der Waals surface area contributed by atoms with Gasteiger partial charge in [0.15, 0.2) is 0 Å². The molecule has 0 aliphatic heterocycles. The van der Waals surface area contributed by atoms with Gasteiger partial charge in [0.1, 0.15) is 10.8 Å². The molecule has 0 N–H and O–H groups in total. The summed E-state index contributed by atoms with van der Waals surface area (Å²) in [6, 6.07) is 6.64. The minimum absolute atomic E-state index is 0.176. The molecular weight excluding hydrogens is 294 g/mol. The third kappa shape index (κ3) is 3.03. The minimum Gasteiger partial charge on any atom is -0.465 e. The van der Waals surface area contributed by atoms with Crippen LogP contribution in [0.2, 0.25) is 5.15 Å². The van der Waals surface area contributed by atoms with Crippen LogP contribution in [0.25, 0.3) is 10.9 Å². The van der Waals surface area contributed by atoms with E-state index in [2.05, 4.69) is 0 Å². The number of halogens is 1. The molecule has 1 heterocycles. The standard InChI is InChI=1S/C15H16ClNO4/c1-15(2,3)21-14(19)17-11(16)8-9-6-5-7-10(12(9)17)13(18)20-4/h5-8H,1-4H3. The van der Waals surface area contributed by atoms with Crippen LogP contribution in [0.5, 0.6) is 0 Å². The number of hydrogen-bond donors (Lipinski definition) is 0. The average molecular weight is 310 g/mol. The molecule has 0 aliphatic carbocycles. The number of esters is 1. The van der Waals surface area contributed by atoms with Gasteiger partial charge in [-0.2, -0.15) is 0 Å². The summed E-state index contributed by atoms with van der Waals surface area (Å²) in [5.41, 5.74) is -0.0339. The van der Waals surface area contributed by atoms with Crippen molar-refractivity contribution in [1.82, 2.24) is 4.57 Å². The third-order valence-electron chi connectivity index (χ3n) is 2.76. The number of rotatable bonds is 1. The van der Waals surface area contributed by atoms with Crippen LogP contribution >= 0.6 is 11.6 Å². The third-order valence-corrected chi connectivity index (χ3v) is 3.04. The van der Waals surface area contributed by atoms with Gasteiger partial charge in [0.25, 0.3) is 0 Å². The van der Waals surface area contributed by atoms with E-state index in [0.29, 0.717) is 10.9 Å². The van der Waals surface area contributed by atoms with Gasteiger partial charge in [0.05, 0.1) is 18.2 Å². The molecule has 2 rings (SSSR count). The van der Waals surface area contributed by atoms with Crippen LogP contribution in [0.1, 0.15) is 31.1 Å². The Hall–Kier alpha value is -2.01. The predicted octanol–water partition coefficient (Wildman–Crippen LogP) is 3.86. The normalized spacial score (nSPS) is 11.5. The Bertz CT molecular complexity index is 712. The van der Waals surface area contributed by atoms with Crippen molar-refractivity contribution >= 4 is 34.6 Å². The summed E-state index contributed by atoms with van der Waals surface area (Å²) >= 11 is 6.12. The summed E-state index contributed by atoms with van der Waals surface area (Å²) in [4.78, 5) is 24.2. The first-order valence-corrected chi connectivity index (χ1v) is 6.74. The zero-order valence-electron chi connectivity index (χ0n) is 12.3. The lowest BCUT2D eigenvalue weighted by atomic mass is 10.1. The SMILES string of the molecule is COC(=O)c1cccc2cc(Cl)n(C(=O)OC(C)(C)C)c12. The lowest BCUT2D eigenvalue weighted by Crippen LogP contribution is -2.27. The fraction of sp³-hybridized carbons (Fsp3) is 0.333. The number of aromatic nitrogens is 1. The van der Waals surface area contributed by atoms with Gasteiger partial charge >= 0.3 is 12.1 Å². The molecule has 1 aromatic heterocycles. The van der Waals surface area contributed by atoms with Crippen molar-refractivity contribution < 1.29 is 19.1 Å². The van der Waals surface area contributed by atoms with E-state index in [4.69, 9.17) is 21.1 Å². The van der Waals surface area contributed by atoms with Crippen molar-refractivity contribution in [2.24, 2.45) is 0 Å². The van der Waals surface area contributed by atoms with Gasteiger partial charge in [-0.05, 0) is 32.9 Å². The van der Waals surface area contributed by atoms with E-state index in [9.17, 15) is 9.59 Å². The summed E-state index contributed by atoms with van der Waals surface area (Å²) in [6.45, 7) is 5.27. The van der Waals surface area contributed by atoms with Crippen molar-refractivity contribution in [3.8, 4) is 0 Å². The molecule has 0 amide bonds. The first-order valence-electron chi connectivity index (χ1n) is 6.36. The van der Waals surface area contributed by atoms with Crippen LogP contribution in [0.3, 0.4) is 0 Å². The van der Waals surface area contributed by atoms with E-state index in [-0.39, 0.29) is 10.7 Å². The molecule has 0 spiro atoms. The Morgan fingerprint density at radius 3 is 2.48 bits per heavy atom. The summed E-state index contributed by atoms with van der Waals surface area (Å²) < 4.78 is 11.2. The first kappa shape index (κ1) is 15.4. The van der Waals surface area contributed by atoms with Crippen LogP contribution in [0.15, 0.2) is 24.3 Å². The van der Waals surface area contributed by atoms with E-state index >= 15 is 0 Å². The smallest absolute Gasteiger partial charge is 0.420 e. The topological polar surface area (TPSA) is 57.5 Å². The highest BCUT2D eigenvalue weighted by Crippen LogP contribution is 2.28. The predicted molar refractivity (Wildman–Crippen MR) is 79.9 cm³/mol. The van der Waals surface area contributed by atoms with Crippen molar-refractivity contribution in [1.29, 1.82) is 0 Å².